The van der Waals surface area contributed by atoms with Gasteiger partial charge in [-0.15, -0.1) is 0 Å². The van der Waals surface area contributed by atoms with Gasteiger partial charge in [-0.3, -0.25) is 4.79 Å². The Labute approximate surface area is 108 Å². The van der Waals surface area contributed by atoms with Crippen LogP contribution in [0.4, 0.5) is 0 Å². The predicted octanol–water partition coefficient (Wildman–Crippen LogP) is 1.28. The van der Waals surface area contributed by atoms with Gasteiger partial charge >= 0.3 is 0 Å². The number of hydrogen-bond donors (Lipinski definition) is 1. The normalized spacial score (nSPS) is 14.8. The quantitative estimate of drug-likeness (QED) is 0.771. The molecule has 1 N–H and O–H groups in total. The number of rotatable bonds is 6. The first-order valence-corrected chi connectivity index (χ1v) is 6.52. The van der Waals surface area contributed by atoms with Crippen LogP contribution in [0.2, 0.25) is 0 Å². The average molecular weight is 248 g/mol. The van der Waals surface area contributed by atoms with Crippen LogP contribution < -0.4 is 10.1 Å². The van der Waals surface area contributed by atoms with Gasteiger partial charge in [-0.05, 0) is 25.0 Å². The largest absolute Gasteiger partial charge is 0.492 e. The van der Waals surface area contributed by atoms with Crippen LogP contribution in [-0.2, 0) is 4.79 Å². The van der Waals surface area contributed by atoms with E-state index in [0.717, 1.165) is 31.7 Å². The third-order valence-electron chi connectivity index (χ3n) is 3.03. The first-order valence-electron chi connectivity index (χ1n) is 6.52. The fourth-order valence-corrected chi connectivity index (χ4v) is 2.03. The fourth-order valence-electron chi connectivity index (χ4n) is 2.03. The topological polar surface area (TPSA) is 41.6 Å². The minimum absolute atomic E-state index is 0.201. The van der Waals surface area contributed by atoms with Gasteiger partial charge in [-0.1, -0.05) is 18.2 Å². The number of ether oxygens (including phenoxy) is 1. The van der Waals surface area contributed by atoms with Gasteiger partial charge < -0.3 is 15.0 Å². The van der Waals surface area contributed by atoms with Gasteiger partial charge in [0, 0.05) is 19.6 Å². The van der Waals surface area contributed by atoms with E-state index in [4.69, 9.17) is 4.74 Å². The Bertz CT molecular complexity index is 361. The Morgan fingerprint density at radius 1 is 1.22 bits per heavy atom. The summed E-state index contributed by atoms with van der Waals surface area (Å²) in [5.74, 6) is 1.07. The van der Waals surface area contributed by atoms with Crippen molar-refractivity contribution in [2.75, 3.05) is 32.8 Å². The molecule has 0 bridgehead atoms. The zero-order valence-electron chi connectivity index (χ0n) is 10.6. The van der Waals surface area contributed by atoms with Crippen LogP contribution in [0.3, 0.4) is 0 Å². The van der Waals surface area contributed by atoms with Crippen LogP contribution in [0.25, 0.3) is 0 Å². The molecule has 0 atom stereocenters. The molecule has 0 radical (unpaired) electrons. The van der Waals surface area contributed by atoms with E-state index in [0.29, 0.717) is 19.7 Å². The van der Waals surface area contributed by atoms with E-state index in [1.165, 1.54) is 0 Å². The lowest BCUT2D eigenvalue weighted by molar-refractivity contribution is -0.129. The first-order chi connectivity index (χ1) is 8.86. The number of carbonyl (C=O) groups excluding carboxylic acids is 1. The van der Waals surface area contributed by atoms with E-state index in [1.54, 1.807) is 0 Å². The minimum atomic E-state index is 0.201. The van der Waals surface area contributed by atoms with E-state index in [-0.39, 0.29) is 5.91 Å². The second-order valence-corrected chi connectivity index (χ2v) is 4.43. The number of benzene rings is 1. The van der Waals surface area contributed by atoms with E-state index in [1.807, 2.05) is 35.2 Å². The van der Waals surface area contributed by atoms with Crippen LogP contribution in [0.5, 0.6) is 5.75 Å². The van der Waals surface area contributed by atoms with Crippen molar-refractivity contribution in [2.45, 2.75) is 12.8 Å². The molecular weight excluding hydrogens is 228 g/mol. The molecule has 4 heteroatoms. The van der Waals surface area contributed by atoms with Crippen molar-refractivity contribution in [1.29, 1.82) is 0 Å². The van der Waals surface area contributed by atoms with Crippen molar-refractivity contribution < 1.29 is 9.53 Å². The Kier molecular flexibility index (Phi) is 5.02. The van der Waals surface area contributed by atoms with Gasteiger partial charge in [0.15, 0.2) is 0 Å². The van der Waals surface area contributed by atoms with E-state index in [9.17, 15) is 4.79 Å². The van der Waals surface area contributed by atoms with Gasteiger partial charge in [0.2, 0.25) is 5.91 Å². The van der Waals surface area contributed by atoms with Crippen molar-refractivity contribution in [3.8, 4) is 5.75 Å². The maximum absolute atomic E-state index is 11.7. The number of hydrogen-bond acceptors (Lipinski definition) is 3. The van der Waals surface area contributed by atoms with Crippen LogP contribution in [0, 0.1) is 0 Å². The lowest BCUT2D eigenvalue weighted by Crippen LogP contribution is -2.37. The summed E-state index contributed by atoms with van der Waals surface area (Å²) in [5.41, 5.74) is 0. The molecule has 1 amide bonds. The fraction of sp³-hybridized carbons (Fsp3) is 0.500. The zero-order chi connectivity index (χ0) is 12.6. The average Bonchev–Trinajstić information content (AvgIpc) is 2.93. The van der Waals surface area contributed by atoms with Crippen LogP contribution in [0.1, 0.15) is 12.8 Å². The second kappa shape index (κ2) is 7.01. The lowest BCUT2D eigenvalue weighted by Gasteiger charge is -2.15. The molecule has 0 aromatic heterocycles. The summed E-state index contributed by atoms with van der Waals surface area (Å²) in [4.78, 5) is 13.6. The van der Waals surface area contributed by atoms with Gasteiger partial charge in [0.25, 0.3) is 0 Å². The molecule has 1 saturated heterocycles. The number of amides is 1. The van der Waals surface area contributed by atoms with Crippen LogP contribution in [-0.4, -0.2) is 43.6 Å². The standard InChI is InChI=1S/C14H20N2O2/c17-14(16-9-4-5-10-16)12-15-8-11-18-13-6-2-1-3-7-13/h1-3,6-7,15H,4-5,8-12H2. The molecule has 2 rings (SSSR count). The molecule has 0 unspecified atom stereocenters. The summed E-state index contributed by atoms with van der Waals surface area (Å²) in [6.45, 7) is 3.52. The summed E-state index contributed by atoms with van der Waals surface area (Å²) in [5, 5.41) is 3.12. The zero-order valence-corrected chi connectivity index (χ0v) is 10.6. The molecule has 1 aliphatic heterocycles. The first kappa shape index (κ1) is 12.9. The predicted molar refractivity (Wildman–Crippen MR) is 70.6 cm³/mol. The van der Waals surface area contributed by atoms with E-state index >= 15 is 0 Å². The van der Waals surface area contributed by atoms with Crippen molar-refractivity contribution in [2.24, 2.45) is 0 Å². The Morgan fingerprint density at radius 2 is 1.94 bits per heavy atom. The number of nitrogens with one attached hydrogen (secondary N) is 1. The monoisotopic (exact) mass is 248 g/mol. The highest BCUT2D eigenvalue weighted by Gasteiger charge is 2.16. The smallest absolute Gasteiger partial charge is 0.236 e. The molecule has 18 heavy (non-hydrogen) atoms. The molecule has 1 aromatic rings. The molecule has 1 aliphatic rings. The maximum atomic E-state index is 11.7. The Hall–Kier alpha value is -1.55. The van der Waals surface area contributed by atoms with Crippen molar-refractivity contribution in [1.82, 2.24) is 10.2 Å². The van der Waals surface area contributed by atoms with E-state index < -0.39 is 0 Å². The molecule has 1 aromatic carbocycles. The summed E-state index contributed by atoms with van der Waals surface area (Å²) in [6.07, 6.45) is 2.28. The highest BCUT2D eigenvalue weighted by atomic mass is 16.5. The number of nitrogens with zero attached hydrogens (tertiary/aromatic N) is 1. The SMILES string of the molecule is O=C(CNCCOc1ccccc1)N1CCCC1. The van der Waals surface area contributed by atoms with Gasteiger partial charge in [0.05, 0.1) is 6.54 Å². The second-order valence-electron chi connectivity index (χ2n) is 4.43. The van der Waals surface area contributed by atoms with Gasteiger partial charge in [-0.2, -0.15) is 0 Å². The molecule has 0 aliphatic carbocycles. The molecular formula is C14H20N2O2. The number of carbonyl (C=O) groups is 1. The summed E-state index contributed by atoms with van der Waals surface area (Å²) < 4.78 is 5.53. The molecule has 1 fully saturated rings. The maximum Gasteiger partial charge on any atom is 0.236 e. The summed E-state index contributed by atoms with van der Waals surface area (Å²) >= 11 is 0. The third-order valence-corrected chi connectivity index (χ3v) is 3.03. The number of para-hydroxylation sites is 1. The van der Waals surface area contributed by atoms with Crippen molar-refractivity contribution in [3.63, 3.8) is 0 Å². The number of likely N-dealkylation sites (tertiary alicyclic amines) is 1. The van der Waals surface area contributed by atoms with Gasteiger partial charge in [0.1, 0.15) is 12.4 Å². The Balaban J connectivity index is 1.54. The van der Waals surface area contributed by atoms with Crippen LogP contribution >= 0.6 is 0 Å². The third kappa shape index (κ3) is 4.04. The lowest BCUT2D eigenvalue weighted by atomic mass is 10.3. The molecule has 0 saturated carbocycles. The van der Waals surface area contributed by atoms with Crippen molar-refractivity contribution >= 4 is 5.91 Å². The minimum Gasteiger partial charge on any atom is -0.492 e. The molecule has 0 spiro atoms. The Morgan fingerprint density at radius 3 is 2.67 bits per heavy atom. The molecule has 4 nitrogen and oxygen atoms in total. The summed E-state index contributed by atoms with van der Waals surface area (Å²) in [6, 6.07) is 9.70. The molecule has 98 valence electrons. The highest BCUT2D eigenvalue weighted by Crippen LogP contribution is 2.08. The highest BCUT2D eigenvalue weighted by molar-refractivity contribution is 5.78. The van der Waals surface area contributed by atoms with Crippen LogP contribution in [0.15, 0.2) is 30.3 Å². The summed E-state index contributed by atoms with van der Waals surface area (Å²) in [7, 11) is 0. The molecule has 1 heterocycles. The van der Waals surface area contributed by atoms with Gasteiger partial charge in [-0.25, -0.2) is 0 Å². The van der Waals surface area contributed by atoms with Crippen molar-refractivity contribution in [3.05, 3.63) is 30.3 Å². The van der Waals surface area contributed by atoms with E-state index in [2.05, 4.69) is 5.32 Å².